The quantitative estimate of drug-likeness (QED) is 0.0852. The number of nitrogens with zero attached hydrogens (tertiary/aromatic N) is 15. The monoisotopic (exact) mass is 841 g/mol. The number of para-hydroxylation sites is 2. The van der Waals surface area contributed by atoms with Crippen LogP contribution in [0.5, 0.6) is 0 Å². The molecule has 2 N–H and O–H groups in total. The minimum atomic E-state index is 0.194. The van der Waals surface area contributed by atoms with Gasteiger partial charge in [0.2, 0.25) is 11.3 Å². The fourth-order valence-corrected chi connectivity index (χ4v) is 7.25. The molecule has 0 saturated carbocycles. The Kier molecular flexibility index (Phi) is 11.7. The molecule has 0 aliphatic heterocycles. The molecule has 17 nitrogen and oxygen atoms in total. The first-order valence-corrected chi connectivity index (χ1v) is 20.7. The number of hydrogen-bond donors (Lipinski definition) is 2. The highest BCUT2D eigenvalue weighted by molar-refractivity contribution is 5.84. The Hall–Kier alpha value is -7.82. The summed E-state index contributed by atoms with van der Waals surface area (Å²) in [6.45, 7) is 20.7. The summed E-state index contributed by atoms with van der Waals surface area (Å²) in [4.78, 5) is 30.4. The van der Waals surface area contributed by atoms with Gasteiger partial charge in [0, 0.05) is 50.5 Å². The van der Waals surface area contributed by atoms with E-state index in [4.69, 9.17) is 19.9 Å². The van der Waals surface area contributed by atoms with E-state index < -0.39 is 0 Å². The number of benzene rings is 2. The van der Waals surface area contributed by atoms with Crippen LogP contribution in [0.2, 0.25) is 0 Å². The molecule has 7 heterocycles. The van der Waals surface area contributed by atoms with Gasteiger partial charge in [-0.25, -0.2) is 19.9 Å². The van der Waals surface area contributed by atoms with E-state index in [0.717, 1.165) is 68.1 Å². The van der Waals surface area contributed by atoms with Gasteiger partial charge in [0.25, 0.3) is 0 Å². The molecule has 0 aliphatic rings. The maximum absolute atomic E-state index is 4.99. The van der Waals surface area contributed by atoms with Crippen LogP contribution in [0.25, 0.3) is 56.4 Å². The van der Waals surface area contributed by atoms with Crippen LogP contribution in [-0.4, -0.2) is 96.1 Å². The Bertz CT molecular complexity index is 3130. The fraction of sp³-hybridized carbons (Fsp3) is 0.261. The van der Waals surface area contributed by atoms with Gasteiger partial charge in [-0.2, -0.15) is 0 Å². The normalized spacial score (nSPS) is 11.8. The molecule has 0 radical (unpaired) electrons. The number of hydrogen-bond acceptors (Lipinski definition) is 13. The van der Waals surface area contributed by atoms with Crippen LogP contribution in [0, 0.1) is 13.8 Å². The molecular formula is C46H51N17. The summed E-state index contributed by atoms with van der Waals surface area (Å²) in [5, 5.41) is 23.8. The molecule has 0 fully saturated rings. The maximum Gasteiger partial charge on any atom is 0.203 e. The van der Waals surface area contributed by atoms with Crippen LogP contribution in [0.4, 0.5) is 17.3 Å². The molecule has 9 rings (SSSR count). The van der Waals surface area contributed by atoms with E-state index in [2.05, 4.69) is 114 Å². The lowest BCUT2D eigenvalue weighted by atomic mass is 10.2. The molecule has 0 aliphatic carbocycles. The van der Waals surface area contributed by atoms with E-state index in [1.165, 1.54) is 0 Å². The van der Waals surface area contributed by atoms with Crippen molar-refractivity contribution in [3.63, 3.8) is 0 Å². The third-order valence-corrected chi connectivity index (χ3v) is 10.2. The summed E-state index contributed by atoms with van der Waals surface area (Å²) in [5.41, 5.74) is 9.51. The molecule has 63 heavy (non-hydrogen) atoms. The van der Waals surface area contributed by atoms with Crippen molar-refractivity contribution < 1.29 is 0 Å². The van der Waals surface area contributed by atoms with E-state index in [1.807, 2.05) is 104 Å². The van der Waals surface area contributed by atoms with Crippen molar-refractivity contribution in [1.29, 1.82) is 0 Å². The molecular weight excluding hydrogens is 791 g/mol. The number of aromatic nitrogens is 13. The summed E-state index contributed by atoms with van der Waals surface area (Å²) >= 11 is 0. The third-order valence-electron chi connectivity index (χ3n) is 10.2. The van der Waals surface area contributed by atoms with Gasteiger partial charge in [-0.15, -0.1) is 20.4 Å². The smallest absolute Gasteiger partial charge is 0.203 e. The van der Waals surface area contributed by atoms with Crippen molar-refractivity contribution in [3.05, 3.63) is 121 Å². The topological polar surface area (TPSA) is 174 Å². The van der Waals surface area contributed by atoms with Gasteiger partial charge in [-0.1, -0.05) is 30.9 Å². The van der Waals surface area contributed by atoms with Crippen LogP contribution in [-0.2, 0) is 13.1 Å². The molecule has 0 amide bonds. The van der Waals surface area contributed by atoms with Crippen molar-refractivity contribution in [2.75, 3.05) is 29.6 Å². The standard InChI is InChI=1S/C24H27N9.C22H24N8/c1-15(2)26-22-24-30-29-16(3)32(24)14-20(27-22)23-28-19-10-9-18(31(4)5)12-21(19)33(23)13-17-8-6-7-11-25-17;1-6-9-16(23-5)12-30-19-11-8-7-10-17(19)26-21(30)18-13-29-15(4)27-28-22(29)20(25-18)24-14(2)3/h6-12,14-15H,13H2,1-5H3,(H,26,27);6-11,13-14H,1,5,12H2,2-4H3,(H,24,25)/b;16-9-. The number of aliphatic imine (C=N–C) groups is 1. The second-order valence-electron chi connectivity index (χ2n) is 15.9. The molecule has 320 valence electrons. The second-order valence-corrected chi connectivity index (χ2v) is 15.9. The minimum Gasteiger partial charge on any atom is -0.378 e. The average Bonchev–Trinajstić information content (AvgIpc) is 4.04. The molecule has 2 aromatic carbocycles. The summed E-state index contributed by atoms with van der Waals surface area (Å²) < 4.78 is 8.16. The largest absolute Gasteiger partial charge is 0.378 e. The average molecular weight is 842 g/mol. The number of anilines is 3. The van der Waals surface area contributed by atoms with E-state index in [-0.39, 0.29) is 12.1 Å². The first kappa shape index (κ1) is 41.9. The number of rotatable bonds is 13. The van der Waals surface area contributed by atoms with Gasteiger partial charge >= 0.3 is 0 Å². The number of aryl methyl sites for hydroxylation is 2. The van der Waals surface area contributed by atoms with Crippen molar-refractivity contribution in [2.45, 2.75) is 66.7 Å². The van der Waals surface area contributed by atoms with Crippen LogP contribution in [0.1, 0.15) is 45.0 Å². The highest BCUT2D eigenvalue weighted by atomic mass is 15.3. The molecule has 0 spiro atoms. The molecule has 0 bridgehead atoms. The number of fused-ring (bicyclic) bond motifs is 4. The van der Waals surface area contributed by atoms with Gasteiger partial charge in [0.1, 0.15) is 23.0 Å². The lowest BCUT2D eigenvalue weighted by Crippen LogP contribution is -2.14. The zero-order valence-electron chi connectivity index (χ0n) is 36.9. The predicted octanol–water partition coefficient (Wildman–Crippen LogP) is 7.82. The van der Waals surface area contributed by atoms with Crippen LogP contribution in [0.15, 0.2) is 109 Å². The van der Waals surface area contributed by atoms with E-state index in [9.17, 15) is 0 Å². The van der Waals surface area contributed by atoms with Gasteiger partial charge in [-0.05, 0) is 96.8 Å². The maximum atomic E-state index is 4.99. The van der Waals surface area contributed by atoms with Gasteiger partial charge in [0.05, 0.1) is 46.5 Å². The van der Waals surface area contributed by atoms with E-state index >= 15 is 0 Å². The highest BCUT2D eigenvalue weighted by Gasteiger charge is 2.21. The minimum absolute atomic E-state index is 0.194. The Balaban J connectivity index is 0.000000174. The predicted molar refractivity (Wildman–Crippen MR) is 252 cm³/mol. The SMILES string of the molecule is C=C/C=C(/Cn1c(-c2cn3c(C)nnc3c(NC(C)C)n2)nc2ccccc21)N=C.Cc1nnc2c(NC(C)C)nc(-c3nc4ccc(N(C)C)cc4n3Cc3ccccn3)cn12. The third kappa shape index (κ3) is 8.57. The van der Waals surface area contributed by atoms with Gasteiger partial charge in [0.15, 0.2) is 23.3 Å². The molecule has 9 aromatic rings. The highest BCUT2D eigenvalue weighted by Crippen LogP contribution is 2.31. The molecule has 17 heteroatoms. The lowest BCUT2D eigenvalue weighted by Gasteiger charge is -2.14. The number of imidazole rings is 2. The van der Waals surface area contributed by atoms with Crippen LogP contribution < -0.4 is 15.5 Å². The molecule has 7 aromatic heterocycles. The van der Waals surface area contributed by atoms with E-state index in [0.29, 0.717) is 41.7 Å². The molecule has 0 unspecified atom stereocenters. The lowest BCUT2D eigenvalue weighted by molar-refractivity contribution is 0.800. The zero-order chi connectivity index (χ0) is 44.4. The number of nitrogens with one attached hydrogen (secondary N) is 2. The Labute approximate surface area is 365 Å². The van der Waals surface area contributed by atoms with Crippen molar-refractivity contribution in [3.8, 4) is 23.0 Å². The van der Waals surface area contributed by atoms with E-state index in [1.54, 1.807) is 6.08 Å². The Morgan fingerprint density at radius 2 is 1.32 bits per heavy atom. The Morgan fingerprint density at radius 3 is 1.87 bits per heavy atom. The van der Waals surface area contributed by atoms with Gasteiger partial charge in [-0.3, -0.25) is 18.8 Å². The molecule has 0 atom stereocenters. The van der Waals surface area contributed by atoms with Crippen molar-refractivity contribution in [2.24, 2.45) is 4.99 Å². The second kappa shape index (κ2) is 17.6. The van der Waals surface area contributed by atoms with Crippen LogP contribution in [0.3, 0.4) is 0 Å². The first-order valence-electron chi connectivity index (χ1n) is 20.7. The van der Waals surface area contributed by atoms with Gasteiger partial charge < -0.3 is 24.7 Å². The first-order chi connectivity index (χ1) is 30.4. The summed E-state index contributed by atoms with van der Waals surface area (Å²) in [5.74, 6) is 4.44. The number of pyridine rings is 1. The zero-order valence-corrected chi connectivity index (χ0v) is 36.9. The molecule has 0 saturated heterocycles. The Morgan fingerprint density at radius 1 is 0.730 bits per heavy atom. The van der Waals surface area contributed by atoms with Crippen LogP contribution >= 0.6 is 0 Å². The summed E-state index contributed by atoms with van der Waals surface area (Å²) in [7, 11) is 4.07. The number of allylic oxidation sites excluding steroid dienone is 3. The summed E-state index contributed by atoms with van der Waals surface area (Å²) in [6, 6.07) is 20.6. The fourth-order valence-electron chi connectivity index (χ4n) is 7.25. The summed E-state index contributed by atoms with van der Waals surface area (Å²) in [6.07, 6.45) is 9.25. The van der Waals surface area contributed by atoms with Crippen molar-refractivity contribution in [1.82, 2.24) is 63.3 Å². The van der Waals surface area contributed by atoms with Crippen molar-refractivity contribution >= 4 is 57.4 Å².